The van der Waals surface area contributed by atoms with Gasteiger partial charge in [0.1, 0.15) is 5.65 Å². The predicted molar refractivity (Wildman–Crippen MR) is 105 cm³/mol. The molecule has 4 heterocycles. The Morgan fingerprint density at radius 3 is 3.00 bits per heavy atom. The highest BCUT2D eigenvalue weighted by atomic mass is 32.1. The summed E-state index contributed by atoms with van der Waals surface area (Å²) in [7, 11) is 0. The van der Waals surface area contributed by atoms with E-state index >= 15 is 0 Å². The smallest absolute Gasteiger partial charge is 0.223 e. The number of nitrogens with one attached hydrogen (secondary N) is 2. The van der Waals surface area contributed by atoms with E-state index in [0.717, 1.165) is 44.5 Å². The Balaban J connectivity index is 1.23. The molecule has 1 aliphatic heterocycles. The summed E-state index contributed by atoms with van der Waals surface area (Å²) in [5, 5.41) is 6.35. The first-order valence-electron chi connectivity index (χ1n) is 9.23. The zero-order chi connectivity index (χ0) is 17.8. The van der Waals surface area contributed by atoms with Crippen LogP contribution >= 0.6 is 11.3 Å². The number of amides is 1. The molecule has 0 bridgehead atoms. The fourth-order valence-corrected chi connectivity index (χ4v) is 4.29. The lowest BCUT2D eigenvalue weighted by Gasteiger charge is -2.31. The number of carbonyl (C=O) groups excluding carboxylic acids is 1. The van der Waals surface area contributed by atoms with Crippen LogP contribution in [-0.2, 0) is 17.8 Å². The Kier molecular flexibility index (Phi) is 5.32. The molecule has 1 fully saturated rings. The highest BCUT2D eigenvalue weighted by molar-refractivity contribution is 7.09. The second-order valence-corrected chi connectivity index (χ2v) is 7.91. The van der Waals surface area contributed by atoms with Gasteiger partial charge in [-0.1, -0.05) is 6.07 Å². The van der Waals surface area contributed by atoms with Crippen molar-refractivity contribution in [3.8, 4) is 0 Å². The molecule has 0 unspecified atom stereocenters. The van der Waals surface area contributed by atoms with Crippen LogP contribution in [0.2, 0.25) is 0 Å². The van der Waals surface area contributed by atoms with Gasteiger partial charge < -0.3 is 15.2 Å². The Hall–Kier alpha value is -2.18. The van der Waals surface area contributed by atoms with Crippen LogP contribution in [0.1, 0.15) is 23.3 Å². The van der Waals surface area contributed by atoms with Gasteiger partial charge >= 0.3 is 0 Å². The van der Waals surface area contributed by atoms with Gasteiger partial charge in [0.05, 0.1) is 6.54 Å². The van der Waals surface area contributed by atoms with Gasteiger partial charge in [0.2, 0.25) is 5.91 Å². The minimum Gasteiger partial charge on any atom is -0.351 e. The normalized spacial score (nSPS) is 16.2. The van der Waals surface area contributed by atoms with E-state index in [1.54, 1.807) is 11.3 Å². The van der Waals surface area contributed by atoms with Gasteiger partial charge in [-0.2, -0.15) is 0 Å². The number of hydrogen-bond acceptors (Lipinski definition) is 4. The third kappa shape index (κ3) is 3.97. The second-order valence-electron chi connectivity index (χ2n) is 6.88. The molecule has 2 N–H and O–H groups in total. The van der Waals surface area contributed by atoms with E-state index in [4.69, 9.17) is 0 Å². The topological polar surface area (TPSA) is 61.0 Å². The highest BCUT2D eigenvalue weighted by Crippen LogP contribution is 2.20. The van der Waals surface area contributed by atoms with Crippen LogP contribution in [0.3, 0.4) is 0 Å². The SMILES string of the molecule is O=C(NCc1cccs1)C1CCN(CCc2c[nH]c3ncccc23)CC1. The number of fused-ring (bicyclic) bond motifs is 1. The van der Waals surface area contributed by atoms with Gasteiger partial charge in [-0.15, -0.1) is 11.3 Å². The van der Waals surface area contributed by atoms with E-state index in [9.17, 15) is 4.79 Å². The molecule has 0 spiro atoms. The van der Waals surface area contributed by atoms with Gasteiger partial charge in [0.15, 0.2) is 0 Å². The molecule has 3 aromatic heterocycles. The van der Waals surface area contributed by atoms with Gasteiger partial charge in [-0.25, -0.2) is 4.98 Å². The molecule has 0 radical (unpaired) electrons. The van der Waals surface area contributed by atoms with Crippen molar-refractivity contribution in [2.45, 2.75) is 25.8 Å². The van der Waals surface area contributed by atoms with Gasteiger partial charge in [0.25, 0.3) is 0 Å². The third-order valence-electron chi connectivity index (χ3n) is 5.21. The maximum absolute atomic E-state index is 12.4. The Morgan fingerprint density at radius 1 is 1.31 bits per heavy atom. The van der Waals surface area contributed by atoms with E-state index in [1.807, 2.05) is 23.7 Å². The van der Waals surface area contributed by atoms with E-state index < -0.39 is 0 Å². The monoisotopic (exact) mass is 368 g/mol. The van der Waals surface area contributed by atoms with Gasteiger partial charge in [0, 0.05) is 35.1 Å². The van der Waals surface area contributed by atoms with Crippen LogP contribution < -0.4 is 5.32 Å². The summed E-state index contributed by atoms with van der Waals surface area (Å²) in [6.07, 6.45) is 6.80. The number of hydrogen-bond donors (Lipinski definition) is 2. The number of carbonyl (C=O) groups is 1. The fourth-order valence-electron chi connectivity index (χ4n) is 3.65. The number of aromatic amines is 1. The van der Waals surface area contributed by atoms with Crippen LogP contribution in [-0.4, -0.2) is 40.4 Å². The molecule has 136 valence electrons. The van der Waals surface area contributed by atoms with Crippen LogP contribution in [0.15, 0.2) is 42.0 Å². The summed E-state index contributed by atoms with van der Waals surface area (Å²) in [4.78, 5) is 23.6. The lowest BCUT2D eigenvalue weighted by molar-refractivity contribution is -0.126. The van der Waals surface area contributed by atoms with E-state index in [2.05, 4.69) is 38.5 Å². The van der Waals surface area contributed by atoms with Crippen molar-refractivity contribution in [1.29, 1.82) is 0 Å². The molecule has 3 aromatic rings. The van der Waals surface area contributed by atoms with Crippen LogP contribution in [0.25, 0.3) is 11.0 Å². The molecule has 6 heteroatoms. The number of pyridine rings is 1. The highest BCUT2D eigenvalue weighted by Gasteiger charge is 2.24. The molecular weight excluding hydrogens is 344 g/mol. The van der Waals surface area contributed by atoms with Crippen LogP contribution in [0, 0.1) is 5.92 Å². The zero-order valence-corrected chi connectivity index (χ0v) is 15.6. The van der Waals surface area contributed by atoms with Crippen molar-refractivity contribution in [2.24, 2.45) is 5.92 Å². The second kappa shape index (κ2) is 8.01. The summed E-state index contributed by atoms with van der Waals surface area (Å²) in [6, 6.07) is 8.19. The van der Waals surface area contributed by atoms with Crippen LogP contribution in [0.5, 0.6) is 0 Å². The molecule has 1 aliphatic rings. The molecular formula is C20H24N4OS. The largest absolute Gasteiger partial charge is 0.351 e. The Labute approximate surface area is 157 Å². The first-order valence-corrected chi connectivity index (χ1v) is 10.1. The Morgan fingerprint density at radius 2 is 2.19 bits per heavy atom. The quantitative estimate of drug-likeness (QED) is 0.702. The summed E-state index contributed by atoms with van der Waals surface area (Å²) >= 11 is 1.69. The van der Waals surface area contributed by atoms with Crippen molar-refractivity contribution in [3.05, 3.63) is 52.5 Å². The zero-order valence-electron chi connectivity index (χ0n) is 14.8. The number of rotatable bonds is 6. The van der Waals surface area contributed by atoms with E-state index in [0.29, 0.717) is 6.54 Å². The molecule has 0 atom stereocenters. The number of likely N-dealkylation sites (tertiary alicyclic amines) is 1. The minimum atomic E-state index is 0.156. The molecule has 26 heavy (non-hydrogen) atoms. The lowest BCUT2D eigenvalue weighted by Crippen LogP contribution is -2.40. The van der Waals surface area contributed by atoms with Crippen molar-refractivity contribution in [1.82, 2.24) is 20.2 Å². The van der Waals surface area contributed by atoms with Crippen molar-refractivity contribution in [2.75, 3.05) is 19.6 Å². The third-order valence-corrected chi connectivity index (χ3v) is 6.09. The number of H-pyrrole nitrogens is 1. The van der Waals surface area contributed by atoms with Crippen LogP contribution in [0.4, 0.5) is 0 Å². The first-order chi connectivity index (χ1) is 12.8. The predicted octanol–water partition coefficient (Wildman–Crippen LogP) is 3.20. The van der Waals surface area contributed by atoms with Gasteiger partial charge in [-0.05, 0) is 61.5 Å². The van der Waals surface area contributed by atoms with E-state index in [1.165, 1.54) is 15.8 Å². The average molecular weight is 369 g/mol. The minimum absolute atomic E-state index is 0.156. The van der Waals surface area contributed by atoms with E-state index in [-0.39, 0.29) is 11.8 Å². The Bertz CT molecular complexity index is 850. The average Bonchev–Trinajstić information content (AvgIpc) is 3.35. The number of aromatic nitrogens is 2. The molecule has 4 rings (SSSR count). The molecule has 1 amide bonds. The molecule has 0 saturated carbocycles. The molecule has 0 aliphatic carbocycles. The number of nitrogens with zero attached hydrogens (tertiary/aromatic N) is 2. The molecule has 1 saturated heterocycles. The maximum Gasteiger partial charge on any atom is 0.223 e. The summed E-state index contributed by atoms with van der Waals surface area (Å²) in [5.41, 5.74) is 2.28. The fraction of sp³-hybridized carbons (Fsp3) is 0.400. The summed E-state index contributed by atoms with van der Waals surface area (Å²) in [6.45, 7) is 3.69. The lowest BCUT2D eigenvalue weighted by atomic mass is 9.95. The number of thiophene rings is 1. The maximum atomic E-state index is 12.4. The standard InChI is InChI=1S/C20H24N4OS/c25-20(23-14-17-3-2-12-26-17)15-5-9-24(10-6-15)11-7-16-13-22-19-18(16)4-1-8-21-19/h1-4,8,12-13,15H,5-7,9-11,14H2,(H,21,22)(H,23,25). The van der Waals surface area contributed by atoms with Crippen molar-refractivity contribution >= 4 is 28.3 Å². The first kappa shape index (κ1) is 17.2. The van der Waals surface area contributed by atoms with Gasteiger partial charge in [-0.3, -0.25) is 4.79 Å². The summed E-state index contributed by atoms with van der Waals surface area (Å²) < 4.78 is 0. The van der Waals surface area contributed by atoms with Crippen molar-refractivity contribution < 1.29 is 4.79 Å². The molecule has 0 aromatic carbocycles. The number of piperidine rings is 1. The summed E-state index contributed by atoms with van der Waals surface area (Å²) in [5.74, 6) is 0.365. The van der Waals surface area contributed by atoms with Crippen molar-refractivity contribution in [3.63, 3.8) is 0 Å². The molecule has 5 nitrogen and oxygen atoms in total.